The van der Waals surface area contributed by atoms with Crippen LogP contribution in [0.4, 0.5) is 0 Å². The van der Waals surface area contributed by atoms with Gasteiger partial charge in [-0.3, -0.25) is 4.79 Å². The second-order valence-electron chi connectivity index (χ2n) is 4.37. The van der Waals surface area contributed by atoms with Gasteiger partial charge < -0.3 is 15.7 Å². The summed E-state index contributed by atoms with van der Waals surface area (Å²) in [6, 6.07) is 0.895. The summed E-state index contributed by atoms with van der Waals surface area (Å²) in [5.41, 5.74) is 0. The molecule has 0 atom stereocenters. The topological polar surface area (TPSA) is 61.4 Å². The van der Waals surface area contributed by atoms with E-state index in [0.29, 0.717) is 12.5 Å². The van der Waals surface area contributed by atoms with Gasteiger partial charge in [-0.15, -0.1) is 0 Å². The van der Waals surface area contributed by atoms with Crippen molar-refractivity contribution in [2.24, 2.45) is 0 Å². The molecule has 4 nitrogen and oxygen atoms in total. The number of hydrogen-bond acceptors (Lipinski definition) is 3. The quantitative estimate of drug-likeness (QED) is 0.572. The Hall–Kier alpha value is -0.610. The Balaban J connectivity index is 1.50. The molecule has 4 heteroatoms. The average Bonchev–Trinajstić information content (AvgIpc) is 2.85. The fourth-order valence-corrected chi connectivity index (χ4v) is 1.68. The van der Waals surface area contributed by atoms with Crippen LogP contribution in [0.3, 0.4) is 0 Å². The molecule has 0 aliphatic heterocycles. The molecule has 2 aliphatic carbocycles. The van der Waals surface area contributed by atoms with Crippen LogP contribution in [0.15, 0.2) is 0 Å². The average molecular weight is 198 g/mol. The molecule has 0 unspecified atom stereocenters. The van der Waals surface area contributed by atoms with Crippen molar-refractivity contribution in [2.45, 2.75) is 50.3 Å². The molecule has 0 aromatic carbocycles. The molecule has 0 bridgehead atoms. The summed E-state index contributed by atoms with van der Waals surface area (Å²) < 4.78 is 0. The van der Waals surface area contributed by atoms with E-state index in [1.54, 1.807) is 0 Å². The second-order valence-corrected chi connectivity index (χ2v) is 4.37. The maximum atomic E-state index is 11.3. The third-order valence-electron chi connectivity index (χ3n) is 2.84. The molecular weight excluding hydrogens is 180 g/mol. The normalized spacial score (nSPS) is 30.9. The first-order valence-electron chi connectivity index (χ1n) is 5.45. The maximum absolute atomic E-state index is 11.3. The van der Waals surface area contributed by atoms with Crippen molar-refractivity contribution in [1.82, 2.24) is 10.6 Å². The molecule has 0 aromatic heterocycles. The lowest BCUT2D eigenvalue weighted by Gasteiger charge is -2.31. The van der Waals surface area contributed by atoms with E-state index < -0.39 is 0 Å². The third kappa shape index (κ3) is 2.96. The predicted octanol–water partition coefficient (Wildman–Crippen LogP) is -0.232. The highest BCUT2D eigenvalue weighted by molar-refractivity contribution is 5.76. The molecule has 2 rings (SSSR count). The molecule has 14 heavy (non-hydrogen) atoms. The number of rotatable bonds is 5. The first kappa shape index (κ1) is 9.93. The Morgan fingerprint density at radius 2 is 2.00 bits per heavy atom. The minimum absolute atomic E-state index is 0.107. The number of hydrogen-bond donors (Lipinski definition) is 3. The van der Waals surface area contributed by atoms with Gasteiger partial charge in [-0.1, -0.05) is 0 Å². The van der Waals surface area contributed by atoms with E-state index in [9.17, 15) is 4.79 Å². The summed E-state index contributed by atoms with van der Waals surface area (Å²) in [4.78, 5) is 11.3. The van der Waals surface area contributed by atoms with E-state index in [1.807, 2.05) is 0 Å². The largest absolute Gasteiger partial charge is 0.393 e. The second kappa shape index (κ2) is 4.28. The van der Waals surface area contributed by atoms with Crippen molar-refractivity contribution in [3.8, 4) is 0 Å². The standard InChI is InChI=1S/C10H18N2O2/c13-9-5-8(6-9)12-10(14)3-4-11-7-1-2-7/h7-9,11,13H,1-6H2,(H,12,14). The number of aliphatic hydroxyl groups is 1. The molecule has 2 saturated carbocycles. The lowest BCUT2D eigenvalue weighted by Crippen LogP contribution is -2.47. The van der Waals surface area contributed by atoms with Crippen LogP contribution in [0.2, 0.25) is 0 Å². The van der Waals surface area contributed by atoms with Gasteiger partial charge in [-0.2, -0.15) is 0 Å². The van der Waals surface area contributed by atoms with Crippen molar-refractivity contribution in [2.75, 3.05) is 6.54 Å². The first-order valence-corrected chi connectivity index (χ1v) is 5.45. The van der Waals surface area contributed by atoms with E-state index in [0.717, 1.165) is 19.4 Å². The summed E-state index contributed by atoms with van der Waals surface area (Å²) in [6.45, 7) is 0.784. The van der Waals surface area contributed by atoms with Gasteiger partial charge in [-0.05, 0) is 25.7 Å². The van der Waals surface area contributed by atoms with Crippen LogP contribution in [-0.2, 0) is 4.79 Å². The Kier molecular flexibility index (Phi) is 3.03. The summed E-state index contributed by atoms with van der Waals surface area (Å²) >= 11 is 0. The Bertz CT molecular complexity index is 210. The van der Waals surface area contributed by atoms with Gasteiger partial charge in [0.2, 0.25) is 5.91 Å². The molecule has 2 aliphatic rings. The number of carbonyl (C=O) groups is 1. The number of carbonyl (C=O) groups excluding carboxylic acids is 1. The molecule has 0 spiro atoms. The molecule has 0 radical (unpaired) electrons. The lowest BCUT2D eigenvalue weighted by molar-refractivity contribution is -0.123. The van der Waals surface area contributed by atoms with E-state index in [1.165, 1.54) is 12.8 Å². The number of nitrogens with one attached hydrogen (secondary N) is 2. The van der Waals surface area contributed by atoms with Crippen molar-refractivity contribution < 1.29 is 9.90 Å². The molecule has 1 amide bonds. The van der Waals surface area contributed by atoms with Crippen molar-refractivity contribution in [3.05, 3.63) is 0 Å². The van der Waals surface area contributed by atoms with Crippen LogP contribution in [0.1, 0.15) is 32.1 Å². The maximum Gasteiger partial charge on any atom is 0.221 e. The molecule has 3 N–H and O–H groups in total. The van der Waals surface area contributed by atoms with E-state index in [4.69, 9.17) is 5.11 Å². The van der Waals surface area contributed by atoms with E-state index in [-0.39, 0.29) is 18.1 Å². The Morgan fingerprint density at radius 3 is 2.57 bits per heavy atom. The molecule has 0 saturated heterocycles. The zero-order chi connectivity index (χ0) is 9.97. The summed E-state index contributed by atoms with van der Waals surface area (Å²) in [6.07, 6.45) is 4.34. The molecular formula is C10H18N2O2. The first-order chi connectivity index (χ1) is 6.74. The lowest BCUT2D eigenvalue weighted by atomic mass is 9.89. The van der Waals surface area contributed by atoms with Crippen molar-refractivity contribution in [3.63, 3.8) is 0 Å². The summed E-state index contributed by atoms with van der Waals surface area (Å²) in [7, 11) is 0. The van der Waals surface area contributed by atoms with Gasteiger partial charge in [0.1, 0.15) is 0 Å². The fraction of sp³-hybridized carbons (Fsp3) is 0.900. The minimum Gasteiger partial charge on any atom is -0.393 e. The third-order valence-corrected chi connectivity index (χ3v) is 2.84. The zero-order valence-corrected chi connectivity index (χ0v) is 8.33. The SMILES string of the molecule is O=C(CCNC1CC1)NC1CC(O)C1. The molecule has 2 fully saturated rings. The Labute approximate surface area is 84.1 Å². The highest BCUT2D eigenvalue weighted by atomic mass is 16.3. The Morgan fingerprint density at radius 1 is 1.29 bits per heavy atom. The monoisotopic (exact) mass is 198 g/mol. The highest BCUT2D eigenvalue weighted by Crippen LogP contribution is 2.19. The van der Waals surface area contributed by atoms with Gasteiger partial charge in [0.25, 0.3) is 0 Å². The van der Waals surface area contributed by atoms with Crippen LogP contribution in [0, 0.1) is 0 Å². The van der Waals surface area contributed by atoms with Gasteiger partial charge in [0.05, 0.1) is 6.10 Å². The van der Waals surface area contributed by atoms with Crippen LogP contribution < -0.4 is 10.6 Å². The van der Waals surface area contributed by atoms with E-state index in [2.05, 4.69) is 10.6 Å². The smallest absolute Gasteiger partial charge is 0.221 e. The zero-order valence-electron chi connectivity index (χ0n) is 8.33. The van der Waals surface area contributed by atoms with Crippen LogP contribution in [0.25, 0.3) is 0 Å². The highest BCUT2D eigenvalue weighted by Gasteiger charge is 2.28. The van der Waals surface area contributed by atoms with Gasteiger partial charge in [0, 0.05) is 25.0 Å². The molecule has 0 heterocycles. The predicted molar refractivity (Wildman–Crippen MR) is 52.8 cm³/mol. The van der Waals surface area contributed by atoms with Crippen LogP contribution >= 0.6 is 0 Å². The number of amides is 1. The molecule has 80 valence electrons. The summed E-state index contributed by atoms with van der Waals surface area (Å²) in [5.74, 6) is 0.107. The van der Waals surface area contributed by atoms with Gasteiger partial charge in [-0.25, -0.2) is 0 Å². The van der Waals surface area contributed by atoms with Crippen molar-refractivity contribution >= 4 is 5.91 Å². The minimum atomic E-state index is -0.190. The van der Waals surface area contributed by atoms with Crippen molar-refractivity contribution in [1.29, 1.82) is 0 Å². The van der Waals surface area contributed by atoms with Crippen LogP contribution in [0.5, 0.6) is 0 Å². The fourth-order valence-electron chi connectivity index (χ4n) is 1.68. The summed E-state index contributed by atoms with van der Waals surface area (Å²) in [5, 5.41) is 15.2. The van der Waals surface area contributed by atoms with E-state index >= 15 is 0 Å². The van der Waals surface area contributed by atoms with Gasteiger partial charge >= 0.3 is 0 Å². The molecule has 0 aromatic rings. The van der Waals surface area contributed by atoms with Gasteiger partial charge in [0.15, 0.2) is 0 Å². The van der Waals surface area contributed by atoms with Crippen LogP contribution in [-0.4, -0.2) is 35.7 Å². The number of aliphatic hydroxyl groups excluding tert-OH is 1.